The number of carboxylic acids is 1. The molecule has 1 N–H and O–H groups in total. The summed E-state index contributed by atoms with van der Waals surface area (Å²) in [6, 6.07) is 5.32. The summed E-state index contributed by atoms with van der Waals surface area (Å²) in [6.07, 6.45) is 3.02. The second-order valence-electron chi connectivity index (χ2n) is 4.51. The number of ether oxygens (including phenoxy) is 2. The van der Waals surface area contributed by atoms with Crippen LogP contribution in [0.25, 0.3) is 6.08 Å². The van der Waals surface area contributed by atoms with E-state index < -0.39 is 5.97 Å². The average molecular weight is 307 g/mol. The molecular formula is C16H21NO5. The van der Waals surface area contributed by atoms with E-state index >= 15 is 0 Å². The zero-order chi connectivity index (χ0) is 16.5. The lowest BCUT2D eigenvalue weighted by molar-refractivity contribution is -0.137. The maximum absolute atomic E-state index is 12.0. The van der Waals surface area contributed by atoms with E-state index in [-0.39, 0.29) is 18.9 Å². The maximum atomic E-state index is 12.0. The predicted molar refractivity (Wildman–Crippen MR) is 83.1 cm³/mol. The van der Waals surface area contributed by atoms with Gasteiger partial charge in [0.2, 0.25) is 5.91 Å². The molecule has 0 bridgehead atoms. The van der Waals surface area contributed by atoms with Crippen LogP contribution >= 0.6 is 0 Å². The second-order valence-corrected chi connectivity index (χ2v) is 4.51. The minimum atomic E-state index is -0.921. The van der Waals surface area contributed by atoms with E-state index in [1.165, 1.54) is 11.0 Å². The summed E-state index contributed by atoms with van der Waals surface area (Å²) in [5.41, 5.74) is 0.792. The molecular weight excluding hydrogens is 286 g/mol. The summed E-state index contributed by atoms with van der Waals surface area (Å²) >= 11 is 0. The molecule has 0 saturated heterocycles. The Morgan fingerprint density at radius 1 is 1.23 bits per heavy atom. The first kappa shape index (κ1) is 17.6. The fourth-order valence-electron chi connectivity index (χ4n) is 1.88. The van der Waals surface area contributed by atoms with Gasteiger partial charge in [-0.3, -0.25) is 9.59 Å². The highest BCUT2D eigenvalue weighted by Gasteiger charge is 2.10. The molecule has 0 aliphatic carbocycles. The number of hydrogen-bond donors (Lipinski definition) is 1. The van der Waals surface area contributed by atoms with Gasteiger partial charge in [-0.1, -0.05) is 6.07 Å². The Balaban J connectivity index is 2.77. The molecule has 0 heterocycles. The van der Waals surface area contributed by atoms with Crippen LogP contribution in [0.4, 0.5) is 0 Å². The van der Waals surface area contributed by atoms with E-state index in [0.29, 0.717) is 18.0 Å². The van der Waals surface area contributed by atoms with Crippen molar-refractivity contribution >= 4 is 18.0 Å². The number of amides is 1. The minimum Gasteiger partial charge on any atom is -0.493 e. The van der Waals surface area contributed by atoms with Crippen LogP contribution in [0.1, 0.15) is 18.9 Å². The molecule has 0 atom stereocenters. The van der Waals surface area contributed by atoms with Gasteiger partial charge in [0.25, 0.3) is 0 Å². The summed E-state index contributed by atoms with van der Waals surface area (Å²) in [7, 11) is 3.10. The van der Waals surface area contributed by atoms with E-state index in [4.69, 9.17) is 14.6 Å². The molecule has 0 fully saturated rings. The van der Waals surface area contributed by atoms with E-state index in [1.807, 2.05) is 6.92 Å². The molecule has 6 heteroatoms. The smallest absolute Gasteiger partial charge is 0.305 e. The summed E-state index contributed by atoms with van der Waals surface area (Å²) in [5.74, 6) is 0.0478. The third-order valence-electron chi connectivity index (χ3n) is 3.11. The van der Waals surface area contributed by atoms with Crippen LogP contribution in [0.2, 0.25) is 0 Å². The standard InChI is InChI=1S/C16H21NO5/c1-4-17(10-9-16(19)20)15(18)8-6-12-5-7-13(21-2)14(11-12)22-3/h5-8,11H,4,9-10H2,1-3H3,(H,19,20). The molecule has 1 aromatic rings. The highest BCUT2D eigenvalue weighted by atomic mass is 16.5. The van der Waals surface area contributed by atoms with Crippen LogP contribution in [0.15, 0.2) is 24.3 Å². The summed E-state index contributed by atoms with van der Waals surface area (Å²) in [5, 5.41) is 8.67. The molecule has 0 saturated carbocycles. The van der Waals surface area contributed by atoms with Crippen molar-refractivity contribution < 1.29 is 24.2 Å². The Morgan fingerprint density at radius 2 is 1.91 bits per heavy atom. The zero-order valence-corrected chi connectivity index (χ0v) is 13.0. The van der Waals surface area contributed by atoms with Gasteiger partial charge in [-0.2, -0.15) is 0 Å². The van der Waals surface area contributed by atoms with Crippen LogP contribution in [0.5, 0.6) is 11.5 Å². The van der Waals surface area contributed by atoms with Crippen LogP contribution in [-0.2, 0) is 9.59 Å². The van der Waals surface area contributed by atoms with Gasteiger partial charge in [-0.15, -0.1) is 0 Å². The molecule has 0 spiro atoms. The van der Waals surface area contributed by atoms with Crippen molar-refractivity contribution in [1.29, 1.82) is 0 Å². The molecule has 1 rings (SSSR count). The Bertz CT molecular complexity index is 553. The topological polar surface area (TPSA) is 76.1 Å². The number of carbonyl (C=O) groups is 2. The van der Waals surface area contributed by atoms with Crippen molar-refractivity contribution in [2.24, 2.45) is 0 Å². The Kier molecular flexibility index (Phi) is 6.95. The number of aliphatic carboxylic acids is 1. The van der Waals surface area contributed by atoms with Gasteiger partial charge in [0, 0.05) is 19.2 Å². The number of carbonyl (C=O) groups excluding carboxylic acids is 1. The zero-order valence-electron chi connectivity index (χ0n) is 13.0. The van der Waals surface area contributed by atoms with Gasteiger partial charge in [-0.25, -0.2) is 0 Å². The number of rotatable bonds is 8. The molecule has 0 aromatic heterocycles. The van der Waals surface area contributed by atoms with E-state index in [2.05, 4.69) is 0 Å². The molecule has 0 aliphatic heterocycles. The highest BCUT2D eigenvalue weighted by molar-refractivity contribution is 5.92. The molecule has 0 unspecified atom stereocenters. The molecule has 1 aromatic carbocycles. The summed E-state index contributed by atoms with van der Waals surface area (Å²) in [4.78, 5) is 24.1. The second kappa shape index (κ2) is 8.71. The number of hydrogen-bond acceptors (Lipinski definition) is 4. The van der Waals surface area contributed by atoms with E-state index in [1.54, 1.807) is 38.5 Å². The van der Waals surface area contributed by atoms with Crippen LogP contribution in [0, 0.1) is 0 Å². The minimum absolute atomic E-state index is 0.0657. The quantitative estimate of drug-likeness (QED) is 0.744. The number of methoxy groups -OCH3 is 2. The van der Waals surface area contributed by atoms with Gasteiger partial charge in [0.1, 0.15) is 0 Å². The average Bonchev–Trinajstić information content (AvgIpc) is 2.52. The summed E-state index contributed by atoms with van der Waals surface area (Å²) < 4.78 is 10.3. The van der Waals surface area contributed by atoms with Crippen molar-refractivity contribution in [3.8, 4) is 11.5 Å². The monoisotopic (exact) mass is 307 g/mol. The lowest BCUT2D eigenvalue weighted by atomic mass is 10.2. The Morgan fingerprint density at radius 3 is 2.45 bits per heavy atom. The first-order chi connectivity index (χ1) is 10.5. The van der Waals surface area contributed by atoms with Crippen molar-refractivity contribution in [1.82, 2.24) is 4.90 Å². The number of carboxylic acid groups (broad SMARTS) is 1. The Hall–Kier alpha value is -2.50. The number of benzene rings is 1. The molecule has 1 amide bonds. The van der Waals surface area contributed by atoms with E-state index in [0.717, 1.165) is 5.56 Å². The molecule has 0 aliphatic rings. The SMILES string of the molecule is CCN(CCC(=O)O)C(=O)C=Cc1ccc(OC)c(OC)c1. The maximum Gasteiger partial charge on any atom is 0.305 e. The molecule has 120 valence electrons. The fraction of sp³-hybridized carbons (Fsp3) is 0.375. The third kappa shape index (κ3) is 5.12. The van der Waals surface area contributed by atoms with Gasteiger partial charge in [0.15, 0.2) is 11.5 Å². The van der Waals surface area contributed by atoms with Gasteiger partial charge in [0.05, 0.1) is 20.6 Å². The van der Waals surface area contributed by atoms with Gasteiger partial charge < -0.3 is 19.5 Å². The van der Waals surface area contributed by atoms with Crippen LogP contribution in [-0.4, -0.2) is 49.2 Å². The van der Waals surface area contributed by atoms with Crippen molar-refractivity contribution in [2.45, 2.75) is 13.3 Å². The lowest BCUT2D eigenvalue weighted by Crippen LogP contribution is -2.31. The van der Waals surface area contributed by atoms with Gasteiger partial charge >= 0.3 is 5.97 Å². The number of nitrogens with zero attached hydrogens (tertiary/aromatic N) is 1. The third-order valence-corrected chi connectivity index (χ3v) is 3.11. The predicted octanol–water partition coefficient (Wildman–Crippen LogP) is 2.04. The molecule has 6 nitrogen and oxygen atoms in total. The lowest BCUT2D eigenvalue weighted by Gasteiger charge is -2.17. The normalized spacial score (nSPS) is 10.5. The van der Waals surface area contributed by atoms with Crippen molar-refractivity contribution in [3.63, 3.8) is 0 Å². The molecule has 22 heavy (non-hydrogen) atoms. The van der Waals surface area contributed by atoms with Gasteiger partial charge in [-0.05, 0) is 30.7 Å². The summed E-state index contributed by atoms with van der Waals surface area (Å²) in [6.45, 7) is 2.47. The van der Waals surface area contributed by atoms with Crippen molar-refractivity contribution in [3.05, 3.63) is 29.8 Å². The first-order valence-corrected chi connectivity index (χ1v) is 6.92. The largest absolute Gasteiger partial charge is 0.493 e. The van der Waals surface area contributed by atoms with Crippen molar-refractivity contribution in [2.75, 3.05) is 27.3 Å². The highest BCUT2D eigenvalue weighted by Crippen LogP contribution is 2.27. The molecule has 0 radical (unpaired) electrons. The Labute approximate surface area is 129 Å². The van der Waals surface area contributed by atoms with Crippen LogP contribution < -0.4 is 9.47 Å². The van der Waals surface area contributed by atoms with Crippen LogP contribution in [0.3, 0.4) is 0 Å². The van der Waals surface area contributed by atoms with E-state index in [9.17, 15) is 9.59 Å². The fourth-order valence-corrected chi connectivity index (χ4v) is 1.88. The number of likely N-dealkylation sites (N-methyl/N-ethyl adjacent to an activating group) is 1. The first-order valence-electron chi connectivity index (χ1n) is 6.92.